The lowest BCUT2D eigenvalue weighted by Gasteiger charge is -2.16. The molecule has 2 rings (SSSR count). The van der Waals surface area contributed by atoms with Crippen LogP contribution in [-0.2, 0) is 4.79 Å². The van der Waals surface area contributed by atoms with Gasteiger partial charge in [0, 0.05) is 16.3 Å². The van der Waals surface area contributed by atoms with Crippen molar-refractivity contribution in [2.75, 3.05) is 16.9 Å². The van der Waals surface area contributed by atoms with E-state index in [1.807, 2.05) is 43.5 Å². The quantitative estimate of drug-likeness (QED) is 0.736. The second-order valence-electron chi connectivity index (χ2n) is 5.86. The van der Waals surface area contributed by atoms with Gasteiger partial charge < -0.3 is 10.6 Å². The van der Waals surface area contributed by atoms with Crippen LogP contribution in [0, 0.1) is 0 Å². The fraction of sp³-hybridized carbons (Fsp3) is 0.316. The Bertz CT molecular complexity index is 653. The van der Waals surface area contributed by atoms with Crippen molar-refractivity contribution in [3.05, 3.63) is 54.1 Å². The first kappa shape index (κ1) is 17.4. The zero-order chi connectivity index (χ0) is 16.8. The number of carbonyl (C=O) groups is 1. The van der Waals surface area contributed by atoms with Crippen molar-refractivity contribution in [3.8, 4) is 0 Å². The molecule has 0 heterocycles. The molecule has 0 aromatic heterocycles. The van der Waals surface area contributed by atoms with Gasteiger partial charge in [-0.2, -0.15) is 0 Å². The fourth-order valence-electron chi connectivity index (χ4n) is 2.23. The molecule has 0 aliphatic carbocycles. The molecule has 0 fully saturated rings. The molecule has 1 amide bonds. The number of hydrogen-bond donors (Lipinski definition) is 2. The molecule has 0 saturated heterocycles. The van der Waals surface area contributed by atoms with Crippen molar-refractivity contribution in [1.82, 2.24) is 0 Å². The molecule has 23 heavy (non-hydrogen) atoms. The van der Waals surface area contributed by atoms with Gasteiger partial charge in [-0.3, -0.25) is 4.79 Å². The average molecular weight is 328 g/mol. The van der Waals surface area contributed by atoms with Crippen LogP contribution in [0.1, 0.15) is 32.3 Å². The number of nitrogens with one attached hydrogen (secondary N) is 2. The summed E-state index contributed by atoms with van der Waals surface area (Å²) in [6.07, 6.45) is 2.04. The Labute approximate surface area is 142 Å². The molecule has 0 aliphatic heterocycles. The first-order chi connectivity index (χ1) is 11.0. The molecule has 122 valence electrons. The largest absolute Gasteiger partial charge is 0.374 e. The van der Waals surface area contributed by atoms with Gasteiger partial charge in [0.25, 0.3) is 0 Å². The van der Waals surface area contributed by atoms with Crippen LogP contribution in [0.4, 0.5) is 11.4 Å². The summed E-state index contributed by atoms with van der Waals surface area (Å²) in [5.41, 5.74) is 3.05. The highest BCUT2D eigenvalue weighted by Crippen LogP contribution is 2.20. The number of carbonyl (C=O) groups excluding carboxylic acids is 1. The fourth-order valence-corrected chi connectivity index (χ4v) is 2.69. The Hall–Kier alpha value is -1.94. The maximum absolute atomic E-state index is 12.3. The number of thioether (sulfide) groups is 1. The molecule has 0 saturated carbocycles. The Balaban J connectivity index is 1.96. The number of rotatable bonds is 6. The molecule has 0 aliphatic rings. The van der Waals surface area contributed by atoms with Gasteiger partial charge >= 0.3 is 0 Å². The lowest BCUT2D eigenvalue weighted by atomic mass is 10.0. The standard InChI is InChI=1S/C19H24N2OS/c1-13(2)15-8-10-16(11-9-15)21-19(22)14(3)20-17-6-5-7-18(12-17)23-4/h5-14,20H,1-4H3,(H,21,22)/t14-/m0/s1. The summed E-state index contributed by atoms with van der Waals surface area (Å²) in [4.78, 5) is 13.5. The van der Waals surface area contributed by atoms with E-state index in [9.17, 15) is 4.79 Å². The molecule has 2 aromatic rings. The summed E-state index contributed by atoms with van der Waals surface area (Å²) in [5, 5.41) is 6.19. The summed E-state index contributed by atoms with van der Waals surface area (Å²) in [6, 6.07) is 15.8. The smallest absolute Gasteiger partial charge is 0.246 e. The van der Waals surface area contributed by atoms with Crippen LogP contribution in [0.15, 0.2) is 53.4 Å². The van der Waals surface area contributed by atoms with Gasteiger partial charge in [-0.1, -0.05) is 32.0 Å². The van der Waals surface area contributed by atoms with Crippen molar-refractivity contribution >= 4 is 29.0 Å². The zero-order valence-electron chi connectivity index (χ0n) is 14.1. The van der Waals surface area contributed by atoms with Crippen LogP contribution in [0.5, 0.6) is 0 Å². The van der Waals surface area contributed by atoms with Crippen molar-refractivity contribution in [1.29, 1.82) is 0 Å². The molecule has 3 nitrogen and oxygen atoms in total. The van der Waals surface area contributed by atoms with E-state index in [4.69, 9.17) is 0 Å². The third kappa shape index (κ3) is 5.03. The van der Waals surface area contributed by atoms with Crippen LogP contribution < -0.4 is 10.6 Å². The highest BCUT2D eigenvalue weighted by atomic mass is 32.2. The molecule has 2 N–H and O–H groups in total. The van der Waals surface area contributed by atoms with E-state index in [2.05, 4.69) is 42.7 Å². The van der Waals surface area contributed by atoms with E-state index in [-0.39, 0.29) is 11.9 Å². The van der Waals surface area contributed by atoms with Crippen LogP contribution in [0.25, 0.3) is 0 Å². The van der Waals surface area contributed by atoms with Crippen LogP contribution in [0.3, 0.4) is 0 Å². The molecule has 0 spiro atoms. The van der Waals surface area contributed by atoms with E-state index in [0.717, 1.165) is 11.4 Å². The van der Waals surface area contributed by atoms with Crippen LogP contribution in [-0.4, -0.2) is 18.2 Å². The summed E-state index contributed by atoms with van der Waals surface area (Å²) < 4.78 is 0. The second kappa shape index (κ2) is 8.06. The molecular weight excluding hydrogens is 304 g/mol. The normalized spacial score (nSPS) is 12.0. The predicted molar refractivity (Wildman–Crippen MR) is 100 cm³/mol. The molecule has 2 aromatic carbocycles. The predicted octanol–water partition coefficient (Wildman–Crippen LogP) is 4.97. The minimum absolute atomic E-state index is 0.0446. The van der Waals surface area contributed by atoms with Gasteiger partial charge in [-0.25, -0.2) is 0 Å². The van der Waals surface area contributed by atoms with Crippen LogP contribution in [0.2, 0.25) is 0 Å². The summed E-state index contributed by atoms with van der Waals surface area (Å²) in [6.45, 7) is 6.17. The first-order valence-electron chi connectivity index (χ1n) is 7.81. The summed E-state index contributed by atoms with van der Waals surface area (Å²) in [7, 11) is 0. The number of anilines is 2. The Kier molecular flexibility index (Phi) is 6.11. The minimum Gasteiger partial charge on any atom is -0.374 e. The Morgan fingerprint density at radius 2 is 1.70 bits per heavy atom. The van der Waals surface area contributed by atoms with Crippen molar-refractivity contribution < 1.29 is 4.79 Å². The second-order valence-corrected chi connectivity index (χ2v) is 6.74. The monoisotopic (exact) mass is 328 g/mol. The maximum Gasteiger partial charge on any atom is 0.246 e. The Morgan fingerprint density at radius 3 is 2.30 bits per heavy atom. The number of benzene rings is 2. The molecule has 0 bridgehead atoms. The van der Waals surface area contributed by atoms with Gasteiger partial charge in [-0.15, -0.1) is 11.8 Å². The van der Waals surface area contributed by atoms with Crippen molar-refractivity contribution in [3.63, 3.8) is 0 Å². The SMILES string of the molecule is CSc1cccc(N[C@@H](C)C(=O)Nc2ccc(C(C)C)cc2)c1. The van der Waals surface area contributed by atoms with Crippen molar-refractivity contribution in [2.45, 2.75) is 37.6 Å². The summed E-state index contributed by atoms with van der Waals surface area (Å²) in [5.74, 6) is 0.445. The topological polar surface area (TPSA) is 41.1 Å². The maximum atomic E-state index is 12.3. The lowest BCUT2D eigenvalue weighted by molar-refractivity contribution is -0.116. The molecular formula is C19H24N2OS. The highest BCUT2D eigenvalue weighted by Gasteiger charge is 2.13. The van der Waals surface area contributed by atoms with E-state index in [1.54, 1.807) is 11.8 Å². The van der Waals surface area contributed by atoms with Gasteiger partial charge in [0.15, 0.2) is 0 Å². The van der Waals surface area contributed by atoms with Gasteiger partial charge in [0.2, 0.25) is 5.91 Å². The van der Waals surface area contributed by atoms with E-state index >= 15 is 0 Å². The average Bonchev–Trinajstić information content (AvgIpc) is 2.55. The van der Waals surface area contributed by atoms with E-state index in [0.29, 0.717) is 5.92 Å². The third-order valence-electron chi connectivity index (χ3n) is 3.69. The highest BCUT2D eigenvalue weighted by molar-refractivity contribution is 7.98. The molecule has 0 radical (unpaired) electrons. The van der Waals surface area contributed by atoms with E-state index in [1.165, 1.54) is 10.5 Å². The first-order valence-corrected chi connectivity index (χ1v) is 9.03. The van der Waals surface area contributed by atoms with Gasteiger partial charge in [0.05, 0.1) is 0 Å². The number of hydrogen-bond acceptors (Lipinski definition) is 3. The van der Waals surface area contributed by atoms with Crippen LogP contribution >= 0.6 is 11.8 Å². The minimum atomic E-state index is -0.308. The molecule has 4 heteroatoms. The molecule has 1 atom stereocenters. The van der Waals surface area contributed by atoms with E-state index < -0.39 is 0 Å². The van der Waals surface area contributed by atoms with Crippen molar-refractivity contribution in [2.24, 2.45) is 0 Å². The zero-order valence-corrected chi connectivity index (χ0v) is 14.9. The number of amides is 1. The van der Waals surface area contributed by atoms with Gasteiger partial charge in [-0.05, 0) is 55.0 Å². The summed E-state index contributed by atoms with van der Waals surface area (Å²) >= 11 is 1.68. The molecule has 0 unspecified atom stereocenters. The third-order valence-corrected chi connectivity index (χ3v) is 4.42. The lowest BCUT2D eigenvalue weighted by Crippen LogP contribution is -2.31. The van der Waals surface area contributed by atoms with Gasteiger partial charge in [0.1, 0.15) is 6.04 Å². The Morgan fingerprint density at radius 1 is 1.00 bits per heavy atom.